The molecule has 0 aliphatic rings. The SMILES string of the molecule is C[Si](C)(C)N(c1cccc(N([Si](C)(C)C)[Si](C)(C)C)n1)[Si](C)(C)C. The Kier molecular flexibility index (Phi) is 6.08. The lowest BCUT2D eigenvalue weighted by Crippen LogP contribution is -2.61. The third-order valence-corrected chi connectivity index (χ3v) is 18.2. The van der Waals surface area contributed by atoms with Crippen molar-refractivity contribution in [3.63, 3.8) is 0 Å². The van der Waals surface area contributed by atoms with Crippen molar-refractivity contribution in [2.45, 2.75) is 78.6 Å². The Morgan fingerprint density at radius 1 is 0.542 bits per heavy atom. The lowest BCUT2D eigenvalue weighted by atomic mass is 10.4. The van der Waals surface area contributed by atoms with Gasteiger partial charge in [-0.1, -0.05) is 84.6 Å². The fraction of sp³-hybridized carbons (Fsp3) is 0.706. The van der Waals surface area contributed by atoms with E-state index in [9.17, 15) is 0 Å². The van der Waals surface area contributed by atoms with E-state index < -0.39 is 32.9 Å². The first-order valence-electron chi connectivity index (χ1n) is 9.03. The molecule has 0 atom stereocenters. The zero-order valence-corrected chi connectivity index (χ0v) is 22.1. The lowest BCUT2D eigenvalue weighted by molar-refractivity contribution is 1.18. The van der Waals surface area contributed by atoms with Gasteiger partial charge in [0.15, 0.2) is 0 Å². The van der Waals surface area contributed by atoms with Gasteiger partial charge in [-0.3, -0.25) is 0 Å². The second-order valence-corrected chi connectivity index (χ2v) is 30.8. The number of pyridine rings is 1. The molecule has 3 nitrogen and oxygen atoms in total. The molecule has 0 fully saturated rings. The zero-order valence-electron chi connectivity index (χ0n) is 18.1. The molecule has 1 aromatic rings. The third kappa shape index (κ3) is 5.31. The smallest absolute Gasteiger partial charge is 0.139 e. The van der Waals surface area contributed by atoms with Gasteiger partial charge in [-0.2, -0.15) is 0 Å². The predicted octanol–water partition coefficient (Wildman–Crippen LogP) is 6.03. The van der Waals surface area contributed by atoms with Crippen LogP contribution in [0.15, 0.2) is 18.2 Å². The third-order valence-electron chi connectivity index (χ3n) is 3.86. The number of hydrogen-bond donors (Lipinski definition) is 0. The van der Waals surface area contributed by atoms with Crippen molar-refractivity contribution in [1.82, 2.24) is 4.98 Å². The van der Waals surface area contributed by atoms with Crippen molar-refractivity contribution < 1.29 is 0 Å². The highest BCUT2D eigenvalue weighted by Gasteiger charge is 2.38. The normalized spacial score (nSPS) is 13.8. The summed E-state index contributed by atoms with van der Waals surface area (Å²) in [4.78, 5) is 5.23. The van der Waals surface area contributed by atoms with Crippen LogP contribution in [-0.2, 0) is 0 Å². The minimum atomic E-state index is -1.48. The molecule has 0 saturated carbocycles. The number of anilines is 2. The molecule has 1 aromatic heterocycles. The molecule has 24 heavy (non-hydrogen) atoms. The van der Waals surface area contributed by atoms with E-state index in [0.717, 1.165) is 0 Å². The van der Waals surface area contributed by atoms with Crippen LogP contribution in [0.3, 0.4) is 0 Å². The first kappa shape index (κ1) is 21.7. The van der Waals surface area contributed by atoms with Crippen molar-refractivity contribution in [3.05, 3.63) is 18.2 Å². The molecular formula is C17H39N3Si4. The summed E-state index contributed by atoms with van der Waals surface area (Å²) in [5, 5.41) is 0. The van der Waals surface area contributed by atoms with Gasteiger partial charge < -0.3 is 8.46 Å². The summed E-state index contributed by atoms with van der Waals surface area (Å²) >= 11 is 0. The van der Waals surface area contributed by atoms with Crippen molar-refractivity contribution in [1.29, 1.82) is 0 Å². The topological polar surface area (TPSA) is 19.4 Å². The van der Waals surface area contributed by atoms with Crippen LogP contribution >= 0.6 is 0 Å². The summed E-state index contributed by atoms with van der Waals surface area (Å²) in [5.41, 5.74) is 0. The fourth-order valence-electron chi connectivity index (χ4n) is 4.05. The van der Waals surface area contributed by atoms with E-state index in [1.54, 1.807) is 0 Å². The van der Waals surface area contributed by atoms with E-state index in [-0.39, 0.29) is 0 Å². The van der Waals surface area contributed by atoms with E-state index >= 15 is 0 Å². The van der Waals surface area contributed by atoms with Gasteiger partial charge in [-0.15, -0.1) is 0 Å². The Hall–Kier alpha value is -0.382. The summed E-state index contributed by atoms with van der Waals surface area (Å²) in [6.07, 6.45) is 0. The van der Waals surface area contributed by atoms with Gasteiger partial charge >= 0.3 is 0 Å². The highest BCUT2D eigenvalue weighted by molar-refractivity contribution is 7.00. The second kappa shape index (κ2) is 6.73. The summed E-state index contributed by atoms with van der Waals surface area (Å²) in [5.74, 6) is 2.40. The summed E-state index contributed by atoms with van der Waals surface area (Å²) in [7, 11) is -5.90. The average Bonchev–Trinajstić information content (AvgIpc) is 2.20. The molecule has 0 amide bonds. The van der Waals surface area contributed by atoms with Gasteiger partial charge in [0.1, 0.15) is 44.6 Å². The van der Waals surface area contributed by atoms with Gasteiger partial charge in [0.25, 0.3) is 0 Å². The number of nitrogens with zero attached hydrogens (tertiary/aromatic N) is 3. The lowest BCUT2D eigenvalue weighted by Gasteiger charge is -2.47. The van der Waals surface area contributed by atoms with Crippen molar-refractivity contribution in [3.8, 4) is 0 Å². The van der Waals surface area contributed by atoms with E-state index in [4.69, 9.17) is 4.98 Å². The molecule has 138 valence electrons. The summed E-state index contributed by atoms with van der Waals surface area (Å²) < 4.78 is 5.44. The van der Waals surface area contributed by atoms with Gasteiger partial charge in [0.2, 0.25) is 0 Å². The van der Waals surface area contributed by atoms with Crippen LogP contribution in [0.1, 0.15) is 0 Å². The second-order valence-electron chi connectivity index (χ2n) is 10.7. The van der Waals surface area contributed by atoms with Crippen LogP contribution in [0, 0.1) is 0 Å². The number of rotatable bonds is 6. The average molecular weight is 398 g/mol. The Morgan fingerprint density at radius 2 is 0.792 bits per heavy atom. The number of hydrogen-bond acceptors (Lipinski definition) is 3. The fourth-order valence-corrected chi connectivity index (χ4v) is 23.4. The molecule has 0 radical (unpaired) electrons. The Balaban J connectivity index is 3.51. The van der Waals surface area contributed by atoms with Crippen LogP contribution in [0.25, 0.3) is 0 Å². The molecule has 0 spiro atoms. The Bertz CT molecular complexity index is 488. The van der Waals surface area contributed by atoms with Crippen LogP contribution in [0.2, 0.25) is 78.6 Å². The van der Waals surface area contributed by atoms with Gasteiger partial charge in [0.05, 0.1) is 0 Å². The van der Waals surface area contributed by atoms with Gasteiger partial charge in [-0.05, 0) is 12.1 Å². The molecule has 0 bridgehead atoms. The predicted molar refractivity (Wildman–Crippen MR) is 123 cm³/mol. The minimum Gasteiger partial charge on any atom is -0.410 e. The van der Waals surface area contributed by atoms with Crippen molar-refractivity contribution in [2.75, 3.05) is 8.46 Å². The maximum atomic E-state index is 5.23. The molecule has 0 aliphatic carbocycles. The van der Waals surface area contributed by atoms with Gasteiger partial charge in [0, 0.05) is 0 Å². The Morgan fingerprint density at radius 3 is 1.00 bits per heavy atom. The molecule has 0 aromatic carbocycles. The molecule has 0 aliphatic heterocycles. The van der Waals surface area contributed by atoms with Crippen LogP contribution in [-0.4, -0.2) is 37.9 Å². The summed E-state index contributed by atoms with van der Waals surface area (Å²) in [6.45, 7) is 29.3. The van der Waals surface area contributed by atoms with E-state index in [1.807, 2.05) is 0 Å². The van der Waals surface area contributed by atoms with E-state index in [0.29, 0.717) is 0 Å². The first-order valence-corrected chi connectivity index (χ1v) is 22.8. The maximum Gasteiger partial charge on any atom is 0.139 e. The van der Waals surface area contributed by atoms with Crippen molar-refractivity contribution >= 4 is 44.6 Å². The van der Waals surface area contributed by atoms with Crippen LogP contribution in [0.5, 0.6) is 0 Å². The highest BCUT2D eigenvalue weighted by atomic mass is 28.4. The van der Waals surface area contributed by atoms with Crippen LogP contribution < -0.4 is 8.46 Å². The molecule has 0 N–H and O–H groups in total. The molecular weight excluding hydrogens is 359 g/mol. The van der Waals surface area contributed by atoms with E-state index in [1.165, 1.54) is 11.6 Å². The molecule has 7 heteroatoms. The number of aromatic nitrogens is 1. The van der Waals surface area contributed by atoms with E-state index in [2.05, 4.69) is 105 Å². The quantitative estimate of drug-likeness (QED) is 0.546. The van der Waals surface area contributed by atoms with Crippen LogP contribution in [0.4, 0.5) is 11.6 Å². The van der Waals surface area contributed by atoms with Gasteiger partial charge in [-0.25, -0.2) is 4.98 Å². The highest BCUT2D eigenvalue weighted by Crippen LogP contribution is 2.31. The molecule has 0 unspecified atom stereocenters. The molecule has 1 heterocycles. The molecule has 1 rings (SSSR count). The molecule has 0 saturated heterocycles. The zero-order chi connectivity index (χ0) is 19.1. The standard InChI is InChI=1S/C17H39N3Si4/c1-21(2,3)19(22(4,5)6)16-14-13-15-17(18-16)20(23(7,8)9)24(10,11)12/h13-15H,1-12H3. The maximum absolute atomic E-state index is 5.23. The van der Waals surface area contributed by atoms with Crippen molar-refractivity contribution in [2.24, 2.45) is 0 Å². The first-order chi connectivity index (χ1) is 10.5. The largest absolute Gasteiger partial charge is 0.410 e. The monoisotopic (exact) mass is 397 g/mol. The summed E-state index contributed by atoms with van der Waals surface area (Å²) in [6, 6.07) is 6.68. The minimum absolute atomic E-state index is 1.20. The Labute approximate surface area is 154 Å².